The summed E-state index contributed by atoms with van der Waals surface area (Å²) >= 11 is 4.29. The number of halogens is 2. The van der Waals surface area contributed by atoms with Crippen LogP contribution in [0.25, 0.3) is 0 Å². The van der Waals surface area contributed by atoms with E-state index in [2.05, 4.69) is 141 Å². The fraction of sp³-hybridized carbons (Fsp3) is 0. The third-order valence-electron chi connectivity index (χ3n) is 4.93. The maximum absolute atomic E-state index is 3.71. The van der Waals surface area contributed by atoms with Crippen LogP contribution in [0.3, 0.4) is 0 Å². The molecular formula is C24H18Br2Ge. The Morgan fingerprint density at radius 3 is 1.15 bits per heavy atom. The molecule has 0 heterocycles. The fourth-order valence-electron chi connectivity index (χ4n) is 3.82. The zero-order chi connectivity index (χ0) is 18.7. The van der Waals surface area contributed by atoms with Crippen LogP contribution in [0.2, 0.25) is 0 Å². The summed E-state index contributed by atoms with van der Waals surface area (Å²) in [5, 5.41) is 0. The van der Waals surface area contributed by atoms with Crippen molar-refractivity contribution in [3.63, 3.8) is 0 Å². The van der Waals surface area contributed by atoms with E-state index < -0.39 is 13.3 Å². The van der Waals surface area contributed by atoms with E-state index in [9.17, 15) is 0 Å². The fourth-order valence-corrected chi connectivity index (χ4v) is 15.6. The molecule has 0 spiro atoms. The van der Waals surface area contributed by atoms with Crippen molar-refractivity contribution >= 4 is 62.7 Å². The molecule has 0 amide bonds. The average Bonchev–Trinajstić information content (AvgIpc) is 2.71. The van der Waals surface area contributed by atoms with E-state index in [-0.39, 0.29) is 0 Å². The molecule has 0 radical (unpaired) electrons. The molecule has 0 N–H and O–H groups in total. The van der Waals surface area contributed by atoms with Gasteiger partial charge in [0.25, 0.3) is 0 Å². The Kier molecular flexibility index (Phi) is 5.67. The Bertz CT molecular complexity index is 959. The van der Waals surface area contributed by atoms with Gasteiger partial charge in [-0.2, -0.15) is 0 Å². The van der Waals surface area contributed by atoms with Crippen LogP contribution in [0.15, 0.2) is 118 Å². The van der Waals surface area contributed by atoms with Crippen molar-refractivity contribution in [2.45, 2.75) is 0 Å². The topological polar surface area (TPSA) is 0 Å². The second-order valence-corrected chi connectivity index (χ2v) is 16.3. The molecule has 132 valence electrons. The first kappa shape index (κ1) is 18.7. The molecule has 0 atom stereocenters. The van der Waals surface area contributed by atoms with E-state index in [0.29, 0.717) is 0 Å². The summed E-state index contributed by atoms with van der Waals surface area (Å²) < 4.78 is 7.94. The van der Waals surface area contributed by atoms with Gasteiger partial charge in [-0.3, -0.25) is 0 Å². The van der Waals surface area contributed by atoms with Crippen LogP contribution in [0.1, 0.15) is 0 Å². The van der Waals surface area contributed by atoms with Gasteiger partial charge in [0.2, 0.25) is 0 Å². The zero-order valence-electron chi connectivity index (χ0n) is 14.6. The Labute approximate surface area is 179 Å². The van der Waals surface area contributed by atoms with Crippen molar-refractivity contribution in [2.75, 3.05) is 0 Å². The molecule has 4 aromatic carbocycles. The van der Waals surface area contributed by atoms with Crippen molar-refractivity contribution in [1.82, 2.24) is 0 Å². The van der Waals surface area contributed by atoms with Crippen LogP contribution >= 0.6 is 31.9 Å². The van der Waals surface area contributed by atoms with Crippen LogP contribution < -0.4 is 17.6 Å². The Balaban J connectivity index is 2.16. The van der Waals surface area contributed by atoms with Crippen LogP contribution in [-0.4, -0.2) is 13.3 Å². The van der Waals surface area contributed by atoms with Gasteiger partial charge in [0, 0.05) is 0 Å². The van der Waals surface area contributed by atoms with Crippen molar-refractivity contribution in [2.24, 2.45) is 0 Å². The van der Waals surface area contributed by atoms with Crippen LogP contribution in [0, 0.1) is 0 Å². The van der Waals surface area contributed by atoms with Gasteiger partial charge in [-0.1, -0.05) is 0 Å². The molecule has 0 saturated heterocycles. The molecule has 0 bridgehead atoms. The minimum absolute atomic E-state index is 1.12. The summed E-state index contributed by atoms with van der Waals surface area (Å²) in [6.07, 6.45) is 0. The number of hydrogen-bond donors (Lipinski definition) is 0. The number of rotatable bonds is 4. The van der Waals surface area contributed by atoms with Crippen molar-refractivity contribution in [3.8, 4) is 0 Å². The van der Waals surface area contributed by atoms with E-state index in [1.165, 1.54) is 17.6 Å². The summed E-state index contributed by atoms with van der Waals surface area (Å²) in [6, 6.07) is 39.8. The second-order valence-electron chi connectivity index (χ2n) is 6.50. The normalized spacial score (nSPS) is 11.3. The van der Waals surface area contributed by atoms with E-state index in [4.69, 9.17) is 0 Å². The summed E-state index contributed by atoms with van der Waals surface area (Å²) in [5.41, 5.74) is 0. The van der Waals surface area contributed by atoms with Crippen LogP contribution in [-0.2, 0) is 0 Å². The molecule has 0 aromatic heterocycles. The minimum atomic E-state index is -3.13. The summed E-state index contributed by atoms with van der Waals surface area (Å²) in [7, 11) is 0. The average molecular weight is 539 g/mol. The molecule has 3 heteroatoms. The molecular weight excluding hydrogens is 521 g/mol. The molecule has 0 unspecified atom stereocenters. The van der Waals surface area contributed by atoms with Gasteiger partial charge < -0.3 is 0 Å². The molecule has 0 aliphatic heterocycles. The Morgan fingerprint density at radius 2 is 0.778 bits per heavy atom. The van der Waals surface area contributed by atoms with Crippen molar-refractivity contribution in [1.29, 1.82) is 0 Å². The van der Waals surface area contributed by atoms with Gasteiger partial charge in [-0.05, 0) is 0 Å². The van der Waals surface area contributed by atoms with Crippen molar-refractivity contribution < 1.29 is 0 Å². The van der Waals surface area contributed by atoms with Gasteiger partial charge in [0.1, 0.15) is 0 Å². The summed E-state index contributed by atoms with van der Waals surface area (Å²) in [6.45, 7) is 0. The monoisotopic (exact) mass is 538 g/mol. The molecule has 0 aliphatic carbocycles. The summed E-state index contributed by atoms with van der Waals surface area (Å²) in [5.74, 6) is 0. The Morgan fingerprint density at radius 1 is 0.407 bits per heavy atom. The van der Waals surface area contributed by atoms with Gasteiger partial charge >= 0.3 is 181 Å². The third kappa shape index (κ3) is 3.58. The van der Waals surface area contributed by atoms with E-state index >= 15 is 0 Å². The third-order valence-corrected chi connectivity index (χ3v) is 15.9. The Hall–Kier alpha value is -1.62. The first-order valence-corrected chi connectivity index (χ1v) is 14.6. The summed E-state index contributed by atoms with van der Waals surface area (Å²) in [4.78, 5) is 0. The van der Waals surface area contributed by atoms with Gasteiger partial charge in [-0.25, -0.2) is 0 Å². The van der Waals surface area contributed by atoms with E-state index in [0.717, 1.165) is 8.95 Å². The molecule has 0 aliphatic rings. The zero-order valence-corrected chi connectivity index (χ0v) is 19.9. The molecule has 0 saturated carbocycles. The van der Waals surface area contributed by atoms with Crippen LogP contribution in [0.4, 0.5) is 0 Å². The van der Waals surface area contributed by atoms with Crippen LogP contribution in [0.5, 0.6) is 0 Å². The SMILES string of the molecule is Brc1ccc[c]([Ge]([c]2ccccc2)([c]2ccccc2)[c]2cccc(Br)c2)c1. The van der Waals surface area contributed by atoms with Gasteiger partial charge in [-0.15, -0.1) is 0 Å². The van der Waals surface area contributed by atoms with E-state index in [1.807, 2.05) is 0 Å². The predicted molar refractivity (Wildman–Crippen MR) is 125 cm³/mol. The molecule has 0 fully saturated rings. The standard InChI is InChI=1S/C24H18Br2Ge/c25-19-9-7-15-23(17-19)27(21-11-3-1-4-12-21,22-13-5-2-6-14-22)24-16-8-10-20(26)18-24/h1-18H. The number of benzene rings is 4. The van der Waals surface area contributed by atoms with Crippen molar-refractivity contribution in [3.05, 3.63) is 118 Å². The molecule has 4 rings (SSSR count). The van der Waals surface area contributed by atoms with E-state index in [1.54, 1.807) is 0 Å². The quantitative estimate of drug-likeness (QED) is 0.334. The van der Waals surface area contributed by atoms with Gasteiger partial charge in [0.05, 0.1) is 0 Å². The molecule has 0 nitrogen and oxygen atoms in total. The predicted octanol–water partition coefficient (Wildman–Crippen LogP) is 4.59. The molecule has 27 heavy (non-hydrogen) atoms. The first-order valence-electron chi connectivity index (χ1n) is 8.84. The maximum atomic E-state index is 3.71. The number of hydrogen-bond acceptors (Lipinski definition) is 0. The van der Waals surface area contributed by atoms with Gasteiger partial charge in [0.15, 0.2) is 0 Å². The first-order chi connectivity index (χ1) is 13.2. The second kappa shape index (κ2) is 8.17. The molecule has 4 aromatic rings.